The number of nitrogens with zero attached hydrogens (tertiary/aromatic N) is 2. The largest absolute Gasteiger partial charge is 0.376 e. The maximum atomic E-state index is 5.72. The van der Waals surface area contributed by atoms with E-state index in [2.05, 4.69) is 53.4 Å². The molecule has 0 fully saturated rings. The van der Waals surface area contributed by atoms with Crippen LogP contribution < -0.4 is 0 Å². The highest BCUT2D eigenvalue weighted by molar-refractivity contribution is 6.08. The maximum absolute atomic E-state index is 5.72. The van der Waals surface area contributed by atoms with Gasteiger partial charge in [0.15, 0.2) is 6.23 Å². The van der Waals surface area contributed by atoms with E-state index in [1.54, 1.807) is 0 Å². The van der Waals surface area contributed by atoms with Gasteiger partial charge in [-0.2, -0.15) is 0 Å². The Labute approximate surface area is 126 Å². The highest BCUT2D eigenvalue weighted by Crippen LogP contribution is 2.30. The average Bonchev–Trinajstić information content (AvgIpc) is 2.91. The van der Waals surface area contributed by atoms with Gasteiger partial charge in [0.25, 0.3) is 0 Å². The fourth-order valence-electron chi connectivity index (χ4n) is 3.01. The molecule has 2 aromatic carbocycles. The highest BCUT2D eigenvalue weighted by Gasteiger charge is 2.21. The fraction of sp³-hybridized carbons (Fsp3) is 0.389. The number of oxime groups is 1. The van der Waals surface area contributed by atoms with Crippen LogP contribution in [0.1, 0.15) is 30.9 Å². The van der Waals surface area contributed by atoms with Gasteiger partial charge in [0.1, 0.15) is 0 Å². The SMILES string of the molecule is CCC(ON=C1CCc2c1ccc1ccccc21)N(C)C. The Morgan fingerprint density at radius 2 is 1.95 bits per heavy atom. The summed E-state index contributed by atoms with van der Waals surface area (Å²) in [6.45, 7) is 2.11. The van der Waals surface area contributed by atoms with Crippen LogP contribution in [-0.2, 0) is 11.3 Å². The third-order valence-corrected chi connectivity index (χ3v) is 4.17. The Morgan fingerprint density at radius 3 is 2.71 bits per heavy atom. The van der Waals surface area contributed by atoms with Crippen LogP contribution in [0.2, 0.25) is 0 Å². The average molecular weight is 282 g/mol. The normalized spacial score (nSPS) is 17.4. The smallest absolute Gasteiger partial charge is 0.180 e. The van der Waals surface area contributed by atoms with Crippen molar-refractivity contribution in [3.63, 3.8) is 0 Å². The molecule has 0 spiro atoms. The first-order valence-electron chi connectivity index (χ1n) is 7.61. The van der Waals surface area contributed by atoms with Crippen LogP contribution in [0.5, 0.6) is 0 Å². The molecule has 0 aromatic heterocycles. The minimum Gasteiger partial charge on any atom is -0.376 e. The summed E-state index contributed by atoms with van der Waals surface area (Å²) in [6.07, 6.45) is 2.99. The molecule has 110 valence electrons. The van der Waals surface area contributed by atoms with Crippen LogP contribution in [0, 0.1) is 0 Å². The van der Waals surface area contributed by atoms with Gasteiger partial charge in [0, 0.05) is 5.56 Å². The molecule has 3 rings (SSSR count). The molecule has 3 nitrogen and oxygen atoms in total. The standard InChI is InChI=1S/C18H22N2O/c1-4-18(20(2)3)21-19-17-12-11-15-14-8-6-5-7-13(14)9-10-16(15)17/h5-10,18H,4,11-12H2,1-3H3. The van der Waals surface area contributed by atoms with E-state index in [9.17, 15) is 0 Å². The molecular formula is C18H22N2O. The van der Waals surface area contributed by atoms with E-state index in [0.29, 0.717) is 0 Å². The van der Waals surface area contributed by atoms with Gasteiger partial charge in [-0.25, -0.2) is 0 Å². The highest BCUT2D eigenvalue weighted by atomic mass is 16.6. The molecule has 0 amide bonds. The molecule has 0 saturated heterocycles. The van der Waals surface area contributed by atoms with Crippen molar-refractivity contribution in [2.24, 2.45) is 5.16 Å². The lowest BCUT2D eigenvalue weighted by molar-refractivity contribution is -0.0355. The summed E-state index contributed by atoms with van der Waals surface area (Å²) in [5, 5.41) is 7.09. The van der Waals surface area contributed by atoms with Crippen molar-refractivity contribution in [2.75, 3.05) is 14.1 Å². The van der Waals surface area contributed by atoms with Crippen LogP contribution >= 0.6 is 0 Å². The van der Waals surface area contributed by atoms with Gasteiger partial charge in [-0.3, -0.25) is 4.90 Å². The minimum atomic E-state index is 0.0435. The molecule has 0 N–H and O–H groups in total. The number of benzene rings is 2. The number of fused-ring (bicyclic) bond motifs is 3. The molecule has 1 aliphatic carbocycles. The zero-order valence-corrected chi connectivity index (χ0v) is 13.0. The quantitative estimate of drug-likeness (QED) is 0.629. The molecular weight excluding hydrogens is 260 g/mol. The molecule has 1 unspecified atom stereocenters. The van der Waals surface area contributed by atoms with Crippen molar-refractivity contribution in [3.05, 3.63) is 47.5 Å². The maximum Gasteiger partial charge on any atom is 0.180 e. The van der Waals surface area contributed by atoms with E-state index in [1.165, 1.54) is 21.9 Å². The van der Waals surface area contributed by atoms with Crippen LogP contribution in [0.3, 0.4) is 0 Å². The summed E-state index contributed by atoms with van der Waals surface area (Å²) < 4.78 is 0. The van der Waals surface area contributed by atoms with Gasteiger partial charge in [-0.05, 0) is 49.7 Å². The summed E-state index contributed by atoms with van der Waals surface area (Å²) in [5.41, 5.74) is 3.74. The minimum absolute atomic E-state index is 0.0435. The van der Waals surface area contributed by atoms with E-state index in [-0.39, 0.29) is 6.23 Å². The summed E-state index contributed by atoms with van der Waals surface area (Å²) in [6, 6.07) is 12.9. The molecule has 0 aliphatic heterocycles. The zero-order chi connectivity index (χ0) is 14.8. The number of hydrogen-bond donors (Lipinski definition) is 0. The van der Waals surface area contributed by atoms with Gasteiger partial charge in [-0.15, -0.1) is 0 Å². The first kappa shape index (κ1) is 14.1. The lowest BCUT2D eigenvalue weighted by Crippen LogP contribution is -2.28. The Hall–Kier alpha value is -1.87. The predicted octanol–water partition coefficient (Wildman–Crippen LogP) is 3.80. The summed E-state index contributed by atoms with van der Waals surface area (Å²) in [7, 11) is 4.04. The molecule has 0 radical (unpaired) electrons. The summed E-state index contributed by atoms with van der Waals surface area (Å²) in [5.74, 6) is 0. The number of hydrogen-bond acceptors (Lipinski definition) is 3. The zero-order valence-electron chi connectivity index (χ0n) is 13.0. The van der Waals surface area contributed by atoms with Gasteiger partial charge < -0.3 is 4.84 Å². The molecule has 21 heavy (non-hydrogen) atoms. The lowest BCUT2D eigenvalue weighted by Gasteiger charge is -2.20. The van der Waals surface area contributed by atoms with Gasteiger partial charge in [-0.1, -0.05) is 48.5 Å². The second-order valence-electron chi connectivity index (χ2n) is 5.78. The molecule has 0 bridgehead atoms. The van der Waals surface area contributed by atoms with Crippen LogP contribution in [-0.4, -0.2) is 30.9 Å². The van der Waals surface area contributed by atoms with Crippen molar-refractivity contribution in [3.8, 4) is 0 Å². The van der Waals surface area contributed by atoms with E-state index < -0.39 is 0 Å². The Kier molecular flexibility index (Phi) is 3.93. The molecule has 3 heteroatoms. The molecule has 1 atom stereocenters. The summed E-state index contributed by atoms with van der Waals surface area (Å²) in [4.78, 5) is 7.78. The lowest BCUT2D eigenvalue weighted by atomic mass is 10.0. The van der Waals surface area contributed by atoms with Crippen molar-refractivity contribution in [1.29, 1.82) is 0 Å². The number of rotatable bonds is 4. The van der Waals surface area contributed by atoms with Crippen molar-refractivity contribution in [1.82, 2.24) is 4.90 Å². The van der Waals surface area contributed by atoms with Crippen LogP contribution in [0.25, 0.3) is 10.8 Å². The fourth-order valence-corrected chi connectivity index (χ4v) is 3.01. The van der Waals surface area contributed by atoms with Gasteiger partial charge >= 0.3 is 0 Å². The first-order valence-corrected chi connectivity index (χ1v) is 7.61. The molecule has 1 aliphatic rings. The molecule has 0 heterocycles. The van der Waals surface area contributed by atoms with E-state index in [1.807, 2.05) is 14.1 Å². The van der Waals surface area contributed by atoms with Gasteiger partial charge in [0.05, 0.1) is 5.71 Å². The topological polar surface area (TPSA) is 24.8 Å². The van der Waals surface area contributed by atoms with Crippen molar-refractivity contribution >= 4 is 16.5 Å². The molecule has 2 aromatic rings. The Morgan fingerprint density at radius 1 is 1.14 bits per heavy atom. The second kappa shape index (κ2) is 5.86. The van der Waals surface area contributed by atoms with Gasteiger partial charge in [0.2, 0.25) is 0 Å². The van der Waals surface area contributed by atoms with E-state index in [0.717, 1.165) is 25.0 Å². The van der Waals surface area contributed by atoms with E-state index >= 15 is 0 Å². The van der Waals surface area contributed by atoms with Crippen LogP contribution in [0.4, 0.5) is 0 Å². The van der Waals surface area contributed by atoms with Crippen molar-refractivity contribution in [2.45, 2.75) is 32.4 Å². The Bertz CT molecular complexity index is 676. The van der Waals surface area contributed by atoms with Crippen LogP contribution in [0.15, 0.2) is 41.6 Å². The van der Waals surface area contributed by atoms with Crippen molar-refractivity contribution < 1.29 is 4.84 Å². The Balaban J connectivity index is 1.92. The molecule has 0 saturated carbocycles. The third kappa shape index (κ3) is 2.66. The number of aryl methyl sites for hydroxylation is 1. The monoisotopic (exact) mass is 282 g/mol. The second-order valence-corrected chi connectivity index (χ2v) is 5.78. The first-order chi connectivity index (χ1) is 10.2. The summed E-state index contributed by atoms with van der Waals surface area (Å²) >= 11 is 0. The third-order valence-electron chi connectivity index (χ3n) is 4.17. The predicted molar refractivity (Wildman–Crippen MR) is 87.7 cm³/mol. The van der Waals surface area contributed by atoms with E-state index in [4.69, 9.17) is 4.84 Å².